The molecule has 0 aromatic heterocycles. The number of rotatable bonds is 3. The van der Waals surface area contributed by atoms with Crippen LogP contribution < -0.4 is 0 Å². The number of imide groups is 1. The molecule has 3 atom stereocenters. The Labute approximate surface area is 149 Å². The molecule has 1 aromatic carbocycles. The van der Waals surface area contributed by atoms with Crippen molar-refractivity contribution in [2.75, 3.05) is 13.1 Å². The molecule has 5 heteroatoms. The fourth-order valence-electron chi connectivity index (χ4n) is 4.77. The van der Waals surface area contributed by atoms with E-state index < -0.39 is 5.54 Å². The molecule has 3 aliphatic heterocycles. The van der Waals surface area contributed by atoms with Crippen molar-refractivity contribution in [2.24, 2.45) is 0 Å². The molecule has 0 N–H and O–H groups in total. The van der Waals surface area contributed by atoms with Gasteiger partial charge in [-0.2, -0.15) is 0 Å². The summed E-state index contributed by atoms with van der Waals surface area (Å²) in [6.45, 7) is 6.73. The van der Waals surface area contributed by atoms with Crippen LogP contribution in [-0.2, 0) is 11.3 Å². The number of urea groups is 1. The fraction of sp³-hybridized carbons (Fsp3) is 0.600. The van der Waals surface area contributed by atoms with E-state index in [1.54, 1.807) is 9.80 Å². The van der Waals surface area contributed by atoms with Crippen molar-refractivity contribution in [3.05, 3.63) is 35.9 Å². The Morgan fingerprint density at radius 3 is 2.60 bits per heavy atom. The van der Waals surface area contributed by atoms with E-state index in [1.807, 2.05) is 13.0 Å². The van der Waals surface area contributed by atoms with Gasteiger partial charge in [0.25, 0.3) is 5.91 Å². The Hall–Kier alpha value is -1.88. The van der Waals surface area contributed by atoms with Crippen molar-refractivity contribution < 1.29 is 9.59 Å². The highest BCUT2D eigenvalue weighted by Crippen LogP contribution is 2.40. The number of nitrogens with zero attached hydrogens (tertiary/aromatic N) is 3. The topological polar surface area (TPSA) is 43.9 Å². The van der Waals surface area contributed by atoms with Gasteiger partial charge in [0.05, 0.1) is 0 Å². The van der Waals surface area contributed by atoms with Crippen LogP contribution in [0.2, 0.25) is 0 Å². The lowest BCUT2D eigenvalue weighted by Gasteiger charge is -2.40. The maximum Gasteiger partial charge on any atom is 0.327 e. The lowest BCUT2D eigenvalue weighted by Crippen LogP contribution is -2.51. The summed E-state index contributed by atoms with van der Waals surface area (Å²) < 4.78 is 0. The van der Waals surface area contributed by atoms with Crippen LogP contribution in [0.1, 0.15) is 45.1 Å². The number of likely N-dealkylation sites (tertiary alicyclic amines) is 1. The number of benzene rings is 1. The third-order valence-electron chi connectivity index (χ3n) is 6.34. The Bertz CT molecular complexity index is 677. The average molecular weight is 341 g/mol. The van der Waals surface area contributed by atoms with Crippen molar-refractivity contribution in [3.8, 4) is 0 Å². The van der Waals surface area contributed by atoms with E-state index in [1.165, 1.54) is 5.56 Å². The number of hydrogen-bond acceptors (Lipinski definition) is 3. The van der Waals surface area contributed by atoms with Crippen LogP contribution in [0.4, 0.5) is 4.79 Å². The molecule has 4 rings (SSSR count). The second-order valence-electron chi connectivity index (χ2n) is 7.97. The summed E-state index contributed by atoms with van der Waals surface area (Å²) in [5.74, 6) is 0.0312. The van der Waals surface area contributed by atoms with Crippen molar-refractivity contribution in [3.63, 3.8) is 0 Å². The molecule has 0 bridgehead atoms. The zero-order chi connectivity index (χ0) is 17.6. The maximum absolute atomic E-state index is 12.9. The smallest absolute Gasteiger partial charge is 0.310 e. The Kier molecular flexibility index (Phi) is 4.07. The van der Waals surface area contributed by atoms with Crippen LogP contribution in [0.15, 0.2) is 30.3 Å². The number of hydrogen-bond donors (Lipinski definition) is 0. The molecule has 0 radical (unpaired) electrons. The highest BCUT2D eigenvalue weighted by Gasteiger charge is 2.58. The lowest BCUT2D eigenvalue weighted by atomic mass is 9.94. The fourth-order valence-corrected chi connectivity index (χ4v) is 4.77. The van der Waals surface area contributed by atoms with Gasteiger partial charge < -0.3 is 4.90 Å². The molecule has 3 aliphatic rings. The van der Waals surface area contributed by atoms with E-state index in [0.29, 0.717) is 6.04 Å². The molecule has 0 spiro atoms. The zero-order valence-corrected chi connectivity index (χ0v) is 15.1. The predicted octanol–water partition coefficient (Wildman–Crippen LogP) is 2.86. The number of carbonyl (C=O) groups is 2. The number of fused-ring (bicyclic) bond motifs is 1. The van der Waals surface area contributed by atoms with E-state index in [-0.39, 0.29) is 18.0 Å². The normalized spacial score (nSPS) is 33.2. The summed E-state index contributed by atoms with van der Waals surface area (Å²) in [5, 5.41) is 0. The highest BCUT2D eigenvalue weighted by molar-refractivity contribution is 6.07. The van der Waals surface area contributed by atoms with Crippen LogP contribution in [0.5, 0.6) is 0 Å². The molecule has 1 aromatic rings. The number of piperidine rings is 1. The van der Waals surface area contributed by atoms with E-state index in [4.69, 9.17) is 0 Å². The minimum absolute atomic E-state index is 0.0312. The summed E-state index contributed by atoms with van der Waals surface area (Å²) in [7, 11) is 0. The van der Waals surface area contributed by atoms with Gasteiger partial charge >= 0.3 is 6.03 Å². The average Bonchev–Trinajstić information content (AvgIpc) is 3.08. The Morgan fingerprint density at radius 2 is 1.92 bits per heavy atom. The summed E-state index contributed by atoms with van der Waals surface area (Å²) in [6.07, 6.45) is 3.48. The van der Waals surface area contributed by atoms with Gasteiger partial charge in [0.15, 0.2) is 0 Å². The third kappa shape index (κ3) is 2.65. The molecule has 0 unspecified atom stereocenters. The Balaban J connectivity index is 1.44. The molecule has 3 saturated heterocycles. The molecule has 0 aliphatic carbocycles. The van der Waals surface area contributed by atoms with Gasteiger partial charge in [0, 0.05) is 31.7 Å². The van der Waals surface area contributed by atoms with Crippen molar-refractivity contribution >= 4 is 11.9 Å². The van der Waals surface area contributed by atoms with Gasteiger partial charge in [0.2, 0.25) is 0 Å². The van der Waals surface area contributed by atoms with Gasteiger partial charge in [0.1, 0.15) is 5.54 Å². The summed E-state index contributed by atoms with van der Waals surface area (Å²) >= 11 is 0. The molecule has 0 saturated carbocycles. The molecular formula is C20H27N3O2. The molecule has 25 heavy (non-hydrogen) atoms. The quantitative estimate of drug-likeness (QED) is 0.794. The van der Waals surface area contributed by atoms with Crippen LogP contribution in [0.3, 0.4) is 0 Å². The zero-order valence-electron chi connectivity index (χ0n) is 15.1. The van der Waals surface area contributed by atoms with Gasteiger partial charge in [-0.05, 0) is 45.1 Å². The monoisotopic (exact) mass is 341 g/mol. The minimum atomic E-state index is -0.582. The number of carbonyl (C=O) groups excluding carboxylic acids is 2. The number of amides is 3. The maximum atomic E-state index is 12.9. The largest absolute Gasteiger partial charge is 0.327 e. The second kappa shape index (κ2) is 6.13. The van der Waals surface area contributed by atoms with Gasteiger partial charge in [-0.1, -0.05) is 30.3 Å². The van der Waals surface area contributed by atoms with Crippen LogP contribution in [0.25, 0.3) is 0 Å². The third-order valence-corrected chi connectivity index (χ3v) is 6.34. The van der Waals surface area contributed by atoms with E-state index in [2.05, 4.69) is 36.1 Å². The minimum Gasteiger partial charge on any atom is -0.310 e. The standard InChI is InChI=1S/C20H27N3O2/c1-15-13-17(9-12-21(15)14-16-7-4-3-5-8-16)23-18(24)20(2)10-6-11-22(20)19(23)25/h3-5,7-8,15,17H,6,9-14H2,1-2H3/t15-,17+,20-/m1/s1. The van der Waals surface area contributed by atoms with Crippen molar-refractivity contribution in [1.29, 1.82) is 0 Å². The predicted molar refractivity (Wildman–Crippen MR) is 95.9 cm³/mol. The van der Waals surface area contributed by atoms with Crippen LogP contribution in [-0.4, -0.2) is 57.4 Å². The highest BCUT2D eigenvalue weighted by atomic mass is 16.2. The van der Waals surface area contributed by atoms with Gasteiger partial charge in [-0.3, -0.25) is 14.6 Å². The van der Waals surface area contributed by atoms with Crippen molar-refractivity contribution in [2.45, 2.75) is 63.7 Å². The molecule has 3 heterocycles. The van der Waals surface area contributed by atoms with E-state index >= 15 is 0 Å². The van der Waals surface area contributed by atoms with Crippen LogP contribution >= 0.6 is 0 Å². The molecular weight excluding hydrogens is 314 g/mol. The molecule has 3 fully saturated rings. The molecule has 3 amide bonds. The van der Waals surface area contributed by atoms with E-state index in [0.717, 1.165) is 45.3 Å². The molecule has 134 valence electrons. The van der Waals surface area contributed by atoms with E-state index in [9.17, 15) is 9.59 Å². The molecule has 5 nitrogen and oxygen atoms in total. The van der Waals surface area contributed by atoms with Gasteiger partial charge in [-0.15, -0.1) is 0 Å². The SMILES string of the molecule is C[C@@H]1C[C@@H](N2C(=O)N3CCC[C@]3(C)C2=O)CCN1Cc1ccccc1. The summed E-state index contributed by atoms with van der Waals surface area (Å²) in [6, 6.07) is 10.8. The second-order valence-corrected chi connectivity index (χ2v) is 7.97. The first-order chi connectivity index (χ1) is 12.0. The Morgan fingerprint density at radius 1 is 1.16 bits per heavy atom. The first-order valence-electron chi connectivity index (χ1n) is 9.44. The summed E-state index contributed by atoms with van der Waals surface area (Å²) in [4.78, 5) is 31.6. The lowest BCUT2D eigenvalue weighted by molar-refractivity contribution is -0.134. The summed E-state index contributed by atoms with van der Waals surface area (Å²) in [5.41, 5.74) is 0.732. The first kappa shape index (κ1) is 16.6. The first-order valence-corrected chi connectivity index (χ1v) is 9.44. The van der Waals surface area contributed by atoms with Crippen LogP contribution in [0, 0.1) is 0 Å². The van der Waals surface area contributed by atoms with Gasteiger partial charge in [-0.25, -0.2) is 4.79 Å². The van der Waals surface area contributed by atoms with Crippen molar-refractivity contribution in [1.82, 2.24) is 14.7 Å².